The van der Waals surface area contributed by atoms with Crippen LogP contribution in [0.4, 0.5) is 0 Å². The summed E-state index contributed by atoms with van der Waals surface area (Å²) in [5, 5.41) is 11.6. The number of aromatic nitrogens is 4. The lowest BCUT2D eigenvalue weighted by Crippen LogP contribution is -2.12. The minimum absolute atomic E-state index is 0.558. The fraction of sp³-hybridized carbons (Fsp3) is 0.417. The lowest BCUT2D eigenvalue weighted by molar-refractivity contribution is 0.414. The van der Waals surface area contributed by atoms with Crippen molar-refractivity contribution in [3.63, 3.8) is 0 Å². The molecular formula is C12H17N5O. The molecule has 0 saturated heterocycles. The second kappa shape index (κ2) is 6.11. The van der Waals surface area contributed by atoms with Gasteiger partial charge in [-0.25, -0.2) is 4.68 Å². The molecule has 0 amide bonds. The van der Waals surface area contributed by atoms with Crippen LogP contribution in [0, 0.1) is 0 Å². The van der Waals surface area contributed by atoms with Crippen molar-refractivity contribution in [3.05, 3.63) is 35.7 Å². The maximum Gasteiger partial charge on any atom is 0.152 e. The number of aryl methyl sites for hydroxylation is 2. The van der Waals surface area contributed by atoms with E-state index in [0.717, 1.165) is 24.5 Å². The van der Waals surface area contributed by atoms with E-state index in [1.165, 1.54) is 5.56 Å². The van der Waals surface area contributed by atoms with Crippen molar-refractivity contribution in [3.8, 4) is 5.75 Å². The molecule has 6 heteroatoms. The third-order valence-electron chi connectivity index (χ3n) is 2.75. The van der Waals surface area contributed by atoms with E-state index in [4.69, 9.17) is 10.5 Å². The highest BCUT2D eigenvalue weighted by Gasteiger charge is 2.04. The Morgan fingerprint density at radius 3 is 2.67 bits per heavy atom. The van der Waals surface area contributed by atoms with Gasteiger partial charge in [0.15, 0.2) is 5.82 Å². The molecule has 0 bridgehead atoms. The van der Waals surface area contributed by atoms with Crippen LogP contribution in [0.25, 0.3) is 0 Å². The maximum absolute atomic E-state index is 5.51. The van der Waals surface area contributed by atoms with E-state index >= 15 is 0 Å². The molecule has 6 nitrogen and oxygen atoms in total. The van der Waals surface area contributed by atoms with Crippen LogP contribution in [-0.4, -0.2) is 33.9 Å². The zero-order chi connectivity index (χ0) is 12.8. The molecule has 1 aromatic heterocycles. The van der Waals surface area contributed by atoms with E-state index in [9.17, 15) is 0 Å². The Bertz CT molecular complexity index is 479. The third-order valence-corrected chi connectivity index (χ3v) is 2.75. The van der Waals surface area contributed by atoms with E-state index in [1.807, 2.05) is 24.3 Å². The molecular weight excluding hydrogens is 230 g/mol. The largest absolute Gasteiger partial charge is 0.497 e. The van der Waals surface area contributed by atoms with Gasteiger partial charge in [0.1, 0.15) is 5.75 Å². The number of rotatable bonds is 6. The zero-order valence-electron chi connectivity index (χ0n) is 10.4. The summed E-state index contributed by atoms with van der Waals surface area (Å²) in [4.78, 5) is 0. The SMILES string of the molecule is COc1ccc(CCn2nnnc2CCN)cc1. The van der Waals surface area contributed by atoms with Gasteiger partial charge in [-0.15, -0.1) is 5.10 Å². The molecule has 0 aliphatic heterocycles. The topological polar surface area (TPSA) is 78.8 Å². The summed E-state index contributed by atoms with van der Waals surface area (Å²) in [6.07, 6.45) is 1.59. The number of ether oxygens (including phenoxy) is 1. The Labute approximate surface area is 106 Å². The number of tetrazole rings is 1. The Morgan fingerprint density at radius 2 is 2.00 bits per heavy atom. The lowest BCUT2D eigenvalue weighted by Gasteiger charge is -2.05. The monoisotopic (exact) mass is 247 g/mol. The van der Waals surface area contributed by atoms with Crippen molar-refractivity contribution in [2.75, 3.05) is 13.7 Å². The first kappa shape index (κ1) is 12.5. The van der Waals surface area contributed by atoms with Gasteiger partial charge in [0.25, 0.3) is 0 Å². The first-order valence-corrected chi connectivity index (χ1v) is 5.91. The standard InChI is InChI=1S/C12H17N5O/c1-18-11-4-2-10(3-5-11)7-9-17-12(6-8-13)14-15-16-17/h2-5H,6-9,13H2,1H3. The van der Waals surface area contributed by atoms with E-state index in [0.29, 0.717) is 13.0 Å². The van der Waals surface area contributed by atoms with Crippen LogP contribution in [0.1, 0.15) is 11.4 Å². The van der Waals surface area contributed by atoms with E-state index in [2.05, 4.69) is 15.5 Å². The molecule has 0 unspecified atom stereocenters. The molecule has 0 fully saturated rings. The highest BCUT2D eigenvalue weighted by Crippen LogP contribution is 2.12. The summed E-state index contributed by atoms with van der Waals surface area (Å²) in [7, 11) is 1.66. The Hall–Kier alpha value is -1.95. The predicted molar refractivity (Wildman–Crippen MR) is 67.3 cm³/mol. The minimum atomic E-state index is 0.558. The van der Waals surface area contributed by atoms with Crippen LogP contribution in [0.2, 0.25) is 0 Å². The van der Waals surface area contributed by atoms with Gasteiger partial charge in [0.2, 0.25) is 0 Å². The van der Waals surface area contributed by atoms with Crippen molar-refractivity contribution in [1.29, 1.82) is 0 Å². The van der Waals surface area contributed by atoms with Gasteiger partial charge in [-0.05, 0) is 41.1 Å². The van der Waals surface area contributed by atoms with Gasteiger partial charge in [-0.3, -0.25) is 0 Å². The molecule has 1 heterocycles. The van der Waals surface area contributed by atoms with E-state index in [-0.39, 0.29) is 0 Å². The number of nitrogens with two attached hydrogens (primary N) is 1. The predicted octanol–water partition coefficient (Wildman–Crippen LogP) is 0.426. The molecule has 0 aliphatic carbocycles. The van der Waals surface area contributed by atoms with E-state index in [1.54, 1.807) is 11.8 Å². The van der Waals surface area contributed by atoms with Crippen LogP contribution in [0.15, 0.2) is 24.3 Å². The summed E-state index contributed by atoms with van der Waals surface area (Å²) in [5.41, 5.74) is 6.73. The van der Waals surface area contributed by atoms with Crippen molar-refractivity contribution in [2.24, 2.45) is 5.73 Å². The first-order valence-electron chi connectivity index (χ1n) is 5.91. The highest BCUT2D eigenvalue weighted by atomic mass is 16.5. The lowest BCUT2D eigenvalue weighted by atomic mass is 10.1. The minimum Gasteiger partial charge on any atom is -0.497 e. The molecule has 2 aromatic rings. The molecule has 0 radical (unpaired) electrons. The molecule has 18 heavy (non-hydrogen) atoms. The molecule has 0 aliphatic rings. The van der Waals surface area contributed by atoms with Crippen LogP contribution in [-0.2, 0) is 19.4 Å². The average molecular weight is 247 g/mol. The van der Waals surface area contributed by atoms with Gasteiger partial charge >= 0.3 is 0 Å². The summed E-state index contributed by atoms with van der Waals surface area (Å²) < 4.78 is 6.92. The number of hydrogen-bond donors (Lipinski definition) is 1. The summed E-state index contributed by atoms with van der Waals surface area (Å²) in [6, 6.07) is 8.00. The van der Waals surface area contributed by atoms with Crippen LogP contribution in [0.5, 0.6) is 5.75 Å². The fourth-order valence-corrected chi connectivity index (χ4v) is 1.73. The van der Waals surface area contributed by atoms with Crippen molar-refractivity contribution >= 4 is 0 Å². The first-order chi connectivity index (χ1) is 8.83. The number of nitrogens with zero attached hydrogens (tertiary/aromatic N) is 4. The highest BCUT2D eigenvalue weighted by molar-refractivity contribution is 5.27. The van der Waals surface area contributed by atoms with Gasteiger partial charge in [0, 0.05) is 13.0 Å². The second-order valence-electron chi connectivity index (χ2n) is 3.96. The average Bonchev–Trinajstić information content (AvgIpc) is 2.85. The molecule has 2 N–H and O–H groups in total. The van der Waals surface area contributed by atoms with Crippen molar-refractivity contribution in [2.45, 2.75) is 19.4 Å². The quantitative estimate of drug-likeness (QED) is 0.800. The summed E-state index contributed by atoms with van der Waals surface area (Å²) in [5.74, 6) is 1.70. The Morgan fingerprint density at radius 1 is 1.22 bits per heavy atom. The molecule has 0 atom stereocenters. The van der Waals surface area contributed by atoms with Crippen LogP contribution in [0.3, 0.4) is 0 Å². The number of hydrogen-bond acceptors (Lipinski definition) is 5. The summed E-state index contributed by atoms with van der Waals surface area (Å²) >= 11 is 0. The van der Waals surface area contributed by atoms with Gasteiger partial charge < -0.3 is 10.5 Å². The molecule has 2 rings (SSSR count). The van der Waals surface area contributed by atoms with Gasteiger partial charge in [-0.2, -0.15) is 0 Å². The number of benzene rings is 1. The molecule has 96 valence electrons. The Kier molecular flexibility index (Phi) is 4.25. The van der Waals surface area contributed by atoms with Crippen molar-refractivity contribution in [1.82, 2.24) is 20.2 Å². The normalized spacial score (nSPS) is 10.6. The molecule has 0 spiro atoms. The summed E-state index contributed by atoms with van der Waals surface area (Å²) in [6.45, 7) is 1.32. The van der Waals surface area contributed by atoms with Gasteiger partial charge in [-0.1, -0.05) is 12.1 Å². The Balaban J connectivity index is 1.95. The van der Waals surface area contributed by atoms with Gasteiger partial charge in [0.05, 0.1) is 7.11 Å². The fourth-order valence-electron chi connectivity index (χ4n) is 1.73. The molecule has 0 saturated carbocycles. The van der Waals surface area contributed by atoms with Crippen LogP contribution < -0.4 is 10.5 Å². The van der Waals surface area contributed by atoms with Crippen LogP contribution >= 0.6 is 0 Å². The zero-order valence-corrected chi connectivity index (χ0v) is 10.4. The molecule has 1 aromatic carbocycles. The van der Waals surface area contributed by atoms with E-state index < -0.39 is 0 Å². The smallest absolute Gasteiger partial charge is 0.152 e. The number of methoxy groups -OCH3 is 1. The second-order valence-corrected chi connectivity index (χ2v) is 3.96. The maximum atomic E-state index is 5.51. The van der Waals surface area contributed by atoms with Crippen molar-refractivity contribution < 1.29 is 4.74 Å². The third kappa shape index (κ3) is 3.04.